The van der Waals surface area contributed by atoms with Crippen LogP contribution in [0.3, 0.4) is 0 Å². The van der Waals surface area contributed by atoms with E-state index in [0.717, 1.165) is 0 Å². The van der Waals surface area contributed by atoms with Crippen molar-refractivity contribution in [3.8, 4) is 0 Å². The van der Waals surface area contributed by atoms with Crippen LogP contribution in [0.25, 0.3) is 0 Å². The zero-order chi connectivity index (χ0) is 22.2. The first kappa shape index (κ1) is 23.4. The quantitative estimate of drug-likeness (QED) is 0.216. The molecule has 2 atom stereocenters. The second kappa shape index (κ2) is 8.10. The van der Waals surface area contributed by atoms with Crippen molar-refractivity contribution < 1.29 is 37.9 Å². The summed E-state index contributed by atoms with van der Waals surface area (Å²) in [6.45, 7) is 13.1. The van der Waals surface area contributed by atoms with Gasteiger partial charge in [0.2, 0.25) is 0 Å². The zero-order valence-corrected chi connectivity index (χ0v) is 18.3. The van der Waals surface area contributed by atoms with Gasteiger partial charge in [-0.3, -0.25) is 14.4 Å². The second-order valence-corrected chi connectivity index (χ2v) is 8.80. The SMILES string of the molecule is C=C1CC(C(=O)OC)(C(=O)OC)CC1C(COC(C)=O)B1OC(C)(C)C(C)(C)O1. The number of esters is 3. The Morgan fingerprint density at radius 1 is 1.10 bits per heavy atom. The van der Waals surface area contributed by atoms with Crippen molar-refractivity contribution >= 4 is 25.0 Å². The minimum absolute atomic E-state index is 0.00821. The van der Waals surface area contributed by atoms with Crippen LogP contribution in [0.5, 0.6) is 0 Å². The van der Waals surface area contributed by atoms with Crippen LogP contribution in [0.15, 0.2) is 12.2 Å². The van der Waals surface area contributed by atoms with E-state index in [1.54, 1.807) is 0 Å². The molecule has 162 valence electrons. The molecule has 0 aromatic heterocycles. The van der Waals surface area contributed by atoms with Crippen molar-refractivity contribution in [2.45, 2.75) is 64.5 Å². The van der Waals surface area contributed by atoms with Gasteiger partial charge in [0, 0.05) is 12.7 Å². The van der Waals surface area contributed by atoms with Gasteiger partial charge >= 0.3 is 25.0 Å². The van der Waals surface area contributed by atoms with E-state index in [1.165, 1.54) is 21.1 Å². The minimum atomic E-state index is -1.48. The molecule has 0 N–H and O–H groups in total. The van der Waals surface area contributed by atoms with Crippen molar-refractivity contribution in [3.05, 3.63) is 12.2 Å². The fraction of sp³-hybridized carbons (Fsp3) is 0.750. The predicted octanol–water partition coefficient (Wildman–Crippen LogP) is 2.31. The van der Waals surface area contributed by atoms with Gasteiger partial charge in [-0.05, 0) is 46.5 Å². The van der Waals surface area contributed by atoms with Crippen molar-refractivity contribution in [3.63, 3.8) is 0 Å². The summed E-state index contributed by atoms with van der Waals surface area (Å²) >= 11 is 0. The van der Waals surface area contributed by atoms with Gasteiger partial charge in [-0.25, -0.2) is 0 Å². The van der Waals surface area contributed by atoms with Crippen LogP contribution in [0, 0.1) is 11.3 Å². The van der Waals surface area contributed by atoms with E-state index in [2.05, 4.69) is 6.58 Å². The lowest BCUT2D eigenvalue weighted by atomic mass is 9.63. The Balaban J connectivity index is 2.38. The van der Waals surface area contributed by atoms with E-state index < -0.39 is 47.5 Å². The van der Waals surface area contributed by atoms with E-state index in [9.17, 15) is 14.4 Å². The summed E-state index contributed by atoms with van der Waals surface area (Å²) in [6.07, 6.45) is 0.203. The minimum Gasteiger partial charge on any atom is -0.468 e. The molecule has 0 amide bonds. The number of ether oxygens (including phenoxy) is 3. The third kappa shape index (κ3) is 4.21. The van der Waals surface area contributed by atoms with Gasteiger partial charge in [-0.2, -0.15) is 0 Å². The molecule has 2 aliphatic rings. The maximum Gasteiger partial charge on any atom is 0.465 e. The molecule has 29 heavy (non-hydrogen) atoms. The van der Waals surface area contributed by atoms with Gasteiger partial charge < -0.3 is 23.5 Å². The van der Waals surface area contributed by atoms with Gasteiger partial charge in [-0.15, -0.1) is 0 Å². The average Bonchev–Trinajstić information content (AvgIpc) is 3.07. The highest BCUT2D eigenvalue weighted by molar-refractivity contribution is 6.47. The molecule has 0 aromatic rings. The third-order valence-corrected chi connectivity index (χ3v) is 6.39. The maximum absolute atomic E-state index is 12.5. The van der Waals surface area contributed by atoms with Crippen LogP contribution in [-0.2, 0) is 37.9 Å². The molecule has 2 fully saturated rings. The van der Waals surface area contributed by atoms with Crippen LogP contribution in [-0.4, -0.2) is 57.1 Å². The number of hydrogen-bond acceptors (Lipinski definition) is 8. The third-order valence-electron chi connectivity index (χ3n) is 6.39. The number of allylic oxidation sites excluding steroid dienone is 1. The normalized spacial score (nSPS) is 25.4. The van der Waals surface area contributed by atoms with Gasteiger partial charge in [-0.1, -0.05) is 12.2 Å². The molecule has 2 unspecified atom stereocenters. The maximum atomic E-state index is 12.5. The molecule has 2 rings (SSSR count). The summed E-state index contributed by atoms with van der Waals surface area (Å²) in [7, 11) is 1.76. The van der Waals surface area contributed by atoms with E-state index in [0.29, 0.717) is 5.57 Å². The summed E-state index contributed by atoms with van der Waals surface area (Å²) in [4.78, 5) is 36.5. The predicted molar refractivity (Wildman–Crippen MR) is 105 cm³/mol. The standard InChI is InChI=1S/C20H31BO8/c1-12-9-20(16(23)25-7,17(24)26-8)10-14(12)15(11-27-13(2)22)21-28-18(3,4)19(5,6)29-21/h14-15H,1,9-11H2,2-8H3. The van der Waals surface area contributed by atoms with Crippen molar-refractivity contribution in [2.75, 3.05) is 20.8 Å². The lowest BCUT2D eigenvalue weighted by molar-refractivity contribution is -0.169. The topological polar surface area (TPSA) is 97.4 Å². The largest absolute Gasteiger partial charge is 0.468 e. The number of rotatable bonds is 6. The number of carbonyl (C=O) groups is 3. The first-order chi connectivity index (χ1) is 13.3. The van der Waals surface area contributed by atoms with E-state index in [-0.39, 0.29) is 25.4 Å². The second-order valence-electron chi connectivity index (χ2n) is 8.80. The lowest BCUT2D eigenvalue weighted by Crippen LogP contribution is -2.41. The fourth-order valence-corrected chi connectivity index (χ4v) is 4.01. The summed E-state index contributed by atoms with van der Waals surface area (Å²) < 4.78 is 27.4. The molecule has 0 spiro atoms. The number of methoxy groups -OCH3 is 2. The summed E-state index contributed by atoms with van der Waals surface area (Å²) in [5.41, 5.74) is -2.00. The monoisotopic (exact) mass is 410 g/mol. The van der Waals surface area contributed by atoms with Crippen LogP contribution in [0.1, 0.15) is 47.5 Å². The summed E-state index contributed by atoms with van der Waals surface area (Å²) in [5, 5.41) is 0. The molecule has 0 aromatic carbocycles. The van der Waals surface area contributed by atoms with E-state index in [4.69, 9.17) is 23.5 Å². The molecule has 1 heterocycles. The number of hydrogen-bond donors (Lipinski definition) is 0. The molecular formula is C20H31BO8. The summed E-state index contributed by atoms with van der Waals surface area (Å²) in [5.74, 6) is -2.62. The van der Waals surface area contributed by atoms with Crippen LogP contribution in [0.4, 0.5) is 0 Å². The Bertz CT molecular complexity index is 667. The highest BCUT2D eigenvalue weighted by Gasteiger charge is 2.61. The smallest absolute Gasteiger partial charge is 0.465 e. The Morgan fingerprint density at radius 2 is 1.59 bits per heavy atom. The molecule has 0 bridgehead atoms. The Labute approximate surface area is 172 Å². The van der Waals surface area contributed by atoms with Gasteiger partial charge in [0.25, 0.3) is 0 Å². The first-order valence-electron chi connectivity index (χ1n) is 9.65. The first-order valence-corrected chi connectivity index (χ1v) is 9.65. The molecule has 1 aliphatic heterocycles. The number of carbonyl (C=O) groups excluding carboxylic acids is 3. The van der Waals surface area contributed by atoms with E-state index >= 15 is 0 Å². The molecule has 1 saturated carbocycles. The highest BCUT2D eigenvalue weighted by atomic mass is 16.7. The van der Waals surface area contributed by atoms with Gasteiger partial charge in [0.15, 0.2) is 5.41 Å². The van der Waals surface area contributed by atoms with Crippen LogP contribution >= 0.6 is 0 Å². The highest BCUT2D eigenvalue weighted by Crippen LogP contribution is 2.53. The Morgan fingerprint density at radius 3 is 2.00 bits per heavy atom. The average molecular weight is 410 g/mol. The fourth-order valence-electron chi connectivity index (χ4n) is 4.01. The lowest BCUT2D eigenvalue weighted by Gasteiger charge is -2.32. The van der Waals surface area contributed by atoms with Crippen molar-refractivity contribution in [1.82, 2.24) is 0 Å². The molecule has 1 saturated heterocycles. The van der Waals surface area contributed by atoms with Gasteiger partial charge in [0.05, 0.1) is 32.0 Å². The van der Waals surface area contributed by atoms with Crippen LogP contribution in [0.2, 0.25) is 5.82 Å². The molecule has 0 radical (unpaired) electrons. The molecular weight excluding hydrogens is 379 g/mol. The van der Waals surface area contributed by atoms with Crippen molar-refractivity contribution in [1.29, 1.82) is 0 Å². The molecule has 8 nitrogen and oxygen atoms in total. The molecule has 1 aliphatic carbocycles. The summed E-state index contributed by atoms with van der Waals surface area (Å²) in [6, 6.07) is 0. The van der Waals surface area contributed by atoms with Crippen molar-refractivity contribution in [2.24, 2.45) is 11.3 Å². The molecule has 9 heteroatoms. The Hall–Kier alpha value is -1.87. The van der Waals surface area contributed by atoms with Crippen LogP contribution < -0.4 is 0 Å². The van der Waals surface area contributed by atoms with E-state index in [1.807, 2.05) is 27.7 Å². The van der Waals surface area contributed by atoms with Gasteiger partial charge in [0.1, 0.15) is 0 Å². The Kier molecular flexibility index (Phi) is 6.54. The zero-order valence-electron chi connectivity index (χ0n) is 18.3.